The average molecular weight is 479 g/mol. The zero-order valence-corrected chi connectivity index (χ0v) is 21.1. The molecule has 0 unspecified atom stereocenters. The van der Waals surface area contributed by atoms with Crippen LogP contribution in [-0.2, 0) is 38.1 Å². The lowest BCUT2D eigenvalue weighted by atomic mass is 9.98. The number of carbonyl (C=O) groups is 4. The Morgan fingerprint density at radius 2 is 0.853 bits per heavy atom. The minimum atomic E-state index is -0.432. The van der Waals surface area contributed by atoms with E-state index in [2.05, 4.69) is 20.1 Å². The van der Waals surface area contributed by atoms with Crippen molar-refractivity contribution in [1.82, 2.24) is 10.6 Å². The molecule has 0 bridgehead atoms. The number of carbonyl (C=O) groups excluding carboxylic acids is 4. The average Bonchev–Trinajstić information content (AvgIpc) is 2.79. The van der Waals surface area contributed by atoms with E-state index in [4.69, 9.17) is 9.47 Å². The molecule has 0 aromatic heterocycles. The van der Waals surface area contributed by atoms with E-state index in [1.165, 1.54) is 14.2 Å². The number of hydrogen-bond acceptors (Lipinski definition) is 10. The standard InChI is InChI=1S/C13H19NO4.C11H15NO4/c1-5-17-12(15)10-7-11(13(16)18-6-2)9(4)14-8(10)3;1-6-8(10(13)15-3)5-9(7(2)12-6)11(14)16-4/h14H,5-7H2,1-4H3;12H,5H2,1-4H3. The summed E-state index contributed by atoms with van der Waals surface area (Å²) < 4.78 is 19.2. The van der Waals surface area contributed by atoms with Crippen molar-refractivity contribution in [1.29, 1.82) is 0 Å². The summed E-state index contributed by atoms with van der Waals surface area (Å²) in [6, 6.07) is 0. The van der Waals surface area contributed by atoms with Crippen LogP contribution in [0.3, 0.4) is 0 Å². The number of dihydropyridines is 2. The maximum atomic E-state index is 11.7. The molecular formula is C24H34N2O8. The van der Waals surface area contributed by atoms with Crippen LogP contribution in [-0.4, -0.2) is 51.3 Å². The van der Waals surface area contributed by atoms with Crippen LogP contribution in [0.15, 0.2) is 45.1 Å². The highest BCUT2D eigenvalue weighted by atomic mass is 16.5. The van der Waals surface area contributed by atoms with Gasteiger partial charge in [0.05, 0.1) is 49.7 Å². The topological polar surface area (TPSA) is 129 Å². The van der Waals surface area contributed by atoms with E-state index in [-0.39, 0.29) is 12.8 Å². The third kappa shape index (κ3) is 7.23. The van der Waals surface area contributed by atoms with E-state index in [0.717, 1.165) is 11.4 Å². The fraction of sp³-hybridized carbons (Fsp3) is 0.500. The SMILES string of the molecule is CCOC(=O)C1=C(C)NC(C)=C(C(=O)OCC)C1.COC(=O)C1=C(C)NC(C)=C(C(=O)OC)C1. The molecule has 188 valence electrons. The Hall–Kier alpha value is -3.56. The number of esters is 4. The molecule has 0 aromatic carbocycles. The monoisotopic (exact) mass is 478 g/mol. The van der Waals surface area contributed by atoms with Crippen LogP contribution in [0, 0.1) is 0 Å². The summed E-state index contributed by atoms with van der Waals surface area (Å²) in [5, 5.41) is 5.98. The van der Waals surface area contributed by atoms with Gasteiger partial charge in [-0.1, -0.05) is 0 Å². The second-order valence-electron chi connectivity index (χ2n) is 7.44. The van der Waals surface area contributed by atoms with Crippen LogP contribution in [0.2, 0.25) is 0 Å². The normalized spacial score (nSPS) is 15.5. The lowest BCUT2D eigenvalue weighted by Crippen LogP contribution is -2.26. The van der Waals surface area contributed by atoms with Crippen molar-refractivity contribution in [3.05, 3.63) is 45.1 Å². The van der Waals surface area contributed by atoms with Gasteiger partial charge in [-0.15, -0.1) is 0 Å². The number of methoxy groups -OCH3 is 2. The van der Waals surface area contributed by atoms with E-state index in [0.29, 0.717) is 46.9 Å². The van der Waals surface area contributed by atoms with Crippen LogP contribution in [0.5, 0.6) is 0 Å². The van der Waals surface area contributed by atoms with Gasteiger partial charge in [0.2, 0.25) is 0 Å². The summed E-state index contributed by atoms with van der Waals surface area (Å²) >= 11 is 0. The molecule has 0 spiro atoms. The summed E-state index contributed by atoms with van der Waals surface area (Å²) in [6.07, 6.45) is 0.492. The maximum Gasteiger partial charge on any atom is 0.336 e. The molecule has 0 aliphatic carbocycles. The first kappa shape index (κ1) is 28.5. The van der Waals surface area contributed by atoms with Crippen LogP contribution in [0.4, 0.5) is 0 Å². The fourth-order valence-electron chi connectivity index (χ4n) is 3.33. The molecule has 0 fully saturated rings. The molecule has 0 saturated carbocycles. The van der Waals surface area contributed by atoms with Crippen molar-refractivity contribution >= 4 is 23.9 Å². The second-order valence-corrected chi connectivity index (χ2v) is 7.44. The molecule has 0 aromatic rings. The van der Waals surface area contributed by atoms with E-state index in [1.54, 1.807) is 41.5 Å². The molecule has 0 radical (unpaired) electrons. The van der Waals surface area contributed by atoms with Crippen LogP contribution >= 0.6 is 0 Å². The van der Waals surface area contributed by atoms with Gasteiger partial charge in [-0.2, -0.15) is 0 Å². The molecule has 0 atom stereocenters. The minimum absolute atomic E-state index is 0.240. The third-order valence-electron chi connectivity index (χ3n) is 5.18. The van der Waals surface area contributed by atoms with E-state index in [9.17, 15) is 19.2 Å². The van der Waals surface area contributed by atoms with Crippen molar-refractivity contribution in [3.8, 4) is 0 Å². The summed E-state index contributed by atoms with van der Waals surface area (Å²) in [7, 11) is 2.62. The van der Waals surface area contributed by atoms with Crippen LogP contribution in [0.25, 0.3) is 0 Å². The smallest absolute Gasteiger partial charge is 0.336 e. The molecule has 2 aliphatic heterocycles. The zero-order chi connectivity index (χ0) is 26.0. The molecule has 2 aliphatic rings. The minimum Gasteiger partial charge on any atom is -0.466 e. The third-order valence-corrected chi connectivity index (χ3v) is 5.18. The first-order valence-electron chi connectivity index (χ1n) is 10.9. The van der Waals surface area contributed by atoms with Crippen LogP contribution < -0.4 is 10.6 Å². The molecule has 10 nitrogen and oxygen atoms in total. The summed E-state index contributed by atoms with van der Waals surface area (Å²) in [5.74, 6) is -1.65. The van der Waals surface area contributed by atoms with Crippen molar-refractivity contribution in [2.75, 3.05) is 27.4 Å². The first-order chi connectivity index (χ1) is 16.0. The molecule has 2 heterocycles. The Balaban J connectivity index is 0.000000342. The predicted octanol–water partition coefficient (Wildman–Crippen LogP) is 2.53. The van der Waals surface area contributed by atoms with Gasteiger partial charge < -0.3 is 29.6 Å². The molecule has 2 rings (SSSR count). The van der Waals surface area contributed by atoms with Gasteiger partial charge in [0.1, 0.15) is 0 Å². The number of allylic oxidation sites excluding steroid dienone is 4. The maximum absolute atomic E-state index is 11.7. The highest BCUT2D eigenvalue weighted by molar-refractivity contribution is 5.97. The number of nitrogens with one attached hydrogen (secondary N) is 2. The summed E-state index contributed by atoms with van der Waals surface area (Å²) in [5.41, 5.74) is 4.71. The van der Waals surface area contributed by atoms with Crippen molar-refractivity contribution in [3.63, 3.8) is 0 Å². The Labute approximate surface area is 200 Å². The first-order valence-corrected chi connectivity index (χ1v) is 10.9. The molecule has 34 heavy (non-hydrogen) atoms. The van der Waals surface area contributed by atoms with Crippen molar-refractivity contribution < 1.29 is 38.1 Å². The molecule has 2 N–H and O–H groups in total. The molecule has 0 amide bonds. The highest BCUT2D eigenvalue weighted by Gasteiger charge is 2.27. The van der Waals surface area contributed by atoms with Gasteiger partial charge in [-0.3, -0.25) is 0 Å². The number of hydrogen-bond donors (Lipinski definition) is 2. The largest absolute Gasteiger partial charge is 0.466 e. The van der Waals surface area contributed by atoms with Gasteiger partial charge in [0.25, 0.3) is 0 Å². The molecule has 10 heteroatoms. The van der Waals surface area contributed by atoms with Crippen LogP contribution in [0.1, 0.15) is 54.4 Å². The Morgan fingerprint density at radius 1 is 0.588 bits per heavy atom. The quantitative estimate of drug-likeness (QED) is 0.434. The molecular weight excluding hydrogens is 444 g/mol. The van der Waals surface area contributed by atoms with Gasteiger partial charge in [-0.25, -0.2) is 19.2 Å². The number of ether oxygens (including phenoxy) is 4. The lowest BCUT2D eigenvalue weighted by molar-refractivity contribution is -0.140. The second kappa shape index (κ2) is 13.2. The zero-order valence-electron chi connectivity index (χ0n) is 21.1. The van der Waals surface area contributed by atoms with Crippen molar-refractivity contribution in [2.45, 2.75) is 54.4 Å². The Kier molecular flexibility index (Phi) is 11.1. The molecule has 0 saturated heterocycles. The van der Waals surface area contributed by atoms with Gasteiger partial charge in [0, 0.05) is 35.6 Å². The predicted molar refractivity (Wildman–Crippen MR) is 124 cm³/mol. The van der Waals surface area contributed by atoms with E-state index in [1.807, 2.05) is 0 Å². The Morgan fingerprint density at radius 3 is 1.09 bits per heavy atom. The van der Waals surface area contributed by atoms with E-state index >= 15 is 0 Å². The van der Waals surface area contributed by atoms with Gasteiger partial charge in [-0.05, 0) is 41.5 Å². The van der Waals surface area contributed by atoms with Gasteiger partial charge >= 0.3 is 23.9 Å². The van der Waals surface area contributed by atoms with E-state index < -0.39 is 23.9 Å². The highest BCUT2D eigenvalue weighted by Crippen LogP contribution is 2.25. The fourth-order valence-corrected chi connectivity index (χ4v) is 3.33. The van der Waals surface area contributed by atoms with Crippen molar-refractivity contribution in [2.24, 2.45) is 0 Å². The summed E-state index contributed by atoms with van der Waals surface area (Å²) in [4.78, 5) is 46.4. The Bertz CT molecular complexity index is 895. The van der Waals surface area contributed by atoms with Gasteiger partial charge in [0.15, 0.2) is 0 Å². The lowest BCUT2D eigenvalue weighted by Gasteiger charge is -2.22. The number of rotatable bonds is 6. The summed E-state index contributed by atoms with van der Waals surface area (Å²) in [6.45, 7) is 11.2.